The highest BCUT2D eigenvalue weighted by molar-refractivity contribution is 4.72. The molecule has 0 spiro atoms. The molecule has 0 fully saturated rings. The van der Waals surface area contributed by atoms with Crippen molar-refractivity contribution in [2.75, 3.05) is 7.05 Å². The minimum atomic E-state index is -0.451. The van der Waals surface area contributed by atoms with Gasteiger partial charge in [0, 0.05) is 12.5 Å². The van der Waals surface area contributed by atoms with Crippen molar-refractivity contribution in [2.24, 2.45) is 0 Å². The lowest BCUT2D eigenvalue weighted by Gasteiger charge is -2.21. The maximum Gasteiger partial charge on any atom is 0.0714 e. The zero-order chi connectivity index (χ0) is 16.6. The van der Waals surface area contributed by atoms with Gasteiger partial charge in [-0.1, -0.05) is 77.6 Å². The summed E-state index contributed by atoms with van der Waals surface area (Å²) in [5.74, 6) is 0. The Morgan fingerprint density at radius 1 is 0.773 bits per heavy atom. The van der Waals surface area contributed by atoms with Crippen molar-refractivity contribution in [1.82, 2.24) is 5.32 Å². The molecule has 0 saturated heterocycles. The molecule has 0 bridgehead atoms. The average molecular weight is 316 g/mol. The number of aliphatic hydroxyl groups excluding tert-OH is 2. The van der Waals surface area contributed by atoms with Crippen LogP contribution in [-0.4, -0.2) is 35.5 Å². The summed E-state index contributed by atoms with van der Waals surface area (Å²) < 4.78 is 0. The van der Waals surface area contributed by atoms with Crippen LogP contribution in [0.2, 0.25) is 0 Å². The van der Waals surface area contributed by atoms with Crippen LogP contribution in [-0.2, 0) is 0 Å². The first kappa shape index (κ1) is 21.9. The Labute approximate surface area is 138 Å². The Kier molecular flexibility index (Phi) is 15.7. The molecule has 0 aliphatic heterocycles. The normalized spacial score (nSPS) is 15.7. The van der Waals surface area contributed by atoms with Crippen molar-refractivity contribution in [3.8, 4) is 0 Å². The number of rotatable bonds is 16. The minimum absolute atomic E-state index is 0.0481. The second-order valence-electron chi connectivity index (χ2n) is 6.86. The molecule has 0 heterocycles. The van der Waals surface area contributed by atoms with Crippen molar-refractivity contribution in [3.05, 3.63) is 0 Å². The Hall–Kier alpha value is -0.120. The molecule has 0 saturated carbocycles. The van der Waals surface area contributed by atoms with Crippen molar-refractivity contribution in [1.29, 1.82) is 0 Å². The maximum atomic E-state index is 9.92. The van der Waals surface area contributed by atoms with Gasteiger partial charge in [0.05, 0.1) is 12.2 Å². The Morgan fingerprint density at radius 2 is 1.23 bits per heavy atom. The monoisotopic (exact) mass is 315 g/mol. The molecular formula is C19H41NO2. The van der Waals surface area contributed by atoms with Crippen molar-refractivity contribution < 1.29 is 10.2 Å². The van der Waals surface area contributed by atoms with Crippen LogP contribution in [0.4, 0.5) is 0 Å². The fraction of sp³-hybridized carbons (Fsp3) is 1.00. The summed E-state index contributed by atoms with van der Waals surface area (Å²) in [6.07, 6.45) is 15.1. The highest BCUT2D eigenvalue weighted by atomic mass is 16.3. The molecule has 0 aromatic rings. The summed E-state index contributed by atoms with van der Waals surface area (Å²) in [5, 5.41) is 22.8. The van der Waals surface area contributed by atoms with Crippen molar-refractivity contribution in [3.63, 3.8) is 0 Å². The molecule has 134 valence electrons. The van der Waals surface area contributed by atoms with Crippen LogP contribution < -0.4 is 5.32 Å². The van der Waals surface area contributed by atoms with E-state index in [9.17, 15) is 10.2 Å². The van der Waals surface area contributed by atoms with Gasteiger partial charge in [-0.25, -0.2) is 0 Å². The van der Waals surface area contributed by atoms with Gasteiger partial charge in [-0.15, -0.1) is 0 Å². The number of aliphatic hydroxyl groups is 2. The second kappa shape index (κ2) is 15.8. The molecule has 3 nitrogen and oxygen atoms in total. The predicted octanol–water partition coefficient (Wildman–Crippen LogP) is 4.41. The summed E-state index contributed by atoms with van der Waals surface area (Å²) in [6, 6.07) is 0.0481. The first-order valence-electron chi connectivity index (χ1n) is 9.65. The number of likely N-dealkylation sites (N-methyl/N-ethyl adjacent to an activating group) is 1. The molecule has 0 rings (SSSR count). The van der Waals surface area contributed by atoms with E-state index in [1.165, 1.54) is 64.2 Å². The van der Waals surface area contributed by atoms with Gasteiger partial charge in [0.1, 0.15) is 0 Å². The standard InChI is InChI=1S/C19H41NO2/c1-4-5-6-7-8-9-10-11-12-13-14-15-18(21)16-19(22)17(2)20-3/h17-22H,4-16H2,1-3H3. The van der Waals surface area contributed by atoms with Crippen molar-refractivity contribution >= 4 is 0 Å². The van der Waals surface area contributed by atoms with Gasteiger partial charge in [0.2, 0.25) is 0 Å². The lowest BCUT2D eigenvalue weighted by atomic mass is 10.0. The third kappa shape index (κ3) is 13.5. The average Bonchev–Trinajstić information content (AvgIpc) is 2.51. The molecule has 22 heavy (non-hydrogen) atoms. The van der Waals surface area contributed by atoms with Gasteiger partial charge in [0.15, 0.2) is 0 Å². The van der Waals surface area contributed by atoms with Gasteiger partial charge in [0.25, 0.3) is 0 Å². The lowest BCUT2D eigenvalue weighted by molar-refractivity contribution is 0.0570. The van der Waals surface area contributed by atoms with Crippen molar-refractivity contribution in [2.45, 2.75) is 116 Å². The molecule has 0 aromatic carbocycles. The lowest BCUT2D eigenvalue weighted by Crippen LogP contribution is -2.37. The van der Waals surface area contributed by atoms with E-state index < -0.39 is 6.10 Å². The van der Waals surface area contributed by atoms with E-state index in [2.05, 4.69) is 12.2 Å². The molecule has 3 unspecified atom stereocenters. The van der Waals surface area contributed by atoms with Crippen LogP contribution in [0.3, 0.4) is 0 Å². The first-order valence-corrected chi connectivity index (χ1v) is 9.65. The zero-order valence-electron chi connectivity index (χ0n) is 15.3. The molecule has 0 radical (unpaired) electrons. The van der Waals surface area contributed by atoms with Crippen LogP contribution in [0.5, 0.6) is 0 Å². The molecule has 3 N–H and O–H groups in total. The number of hydrogen-bond donors (Lipinski definition) is 3. The van der Waals surface area contributed by atoms with E-state index in [0.29, 0.717) is 6.42 Å². The van der Waals surface area contributed by atoms with Gasteiger partial charge in [-0.05, 0) is 20.4 Å². The highest BCUT2D eigenvalue weighted by Crippen LogP contribution is 2.14. The van der Waals surface area contributed by atoms with Gasteiger partial charge in [-0.2, -0.15) is 0 Å². The Morgan fingerprint density at radius 3 is 1.68 bits per heavy atom. The number of hydrogen-bond acceptors (Lipinski definition) is 3. The third-order valence-electron chi connectivity index (χ3n) is 4.69. The maximum absolute atomic E-state index is 9.92. The van der Waals surface area contributed by atoms with Gasteiger partial charge in [-0.3, -0.25) is 0 Å². The van der Waals surface area contributed by atoms with E-state index in [0.717, 1.165) is 12.8 Å². The summed E-state index contributed by atoms with van der Waals surface area (Å²) in [4.78, 5) is 0. The van der Waals surface area contributed by atoms with E-state index in [1.54, 1.807) is 0 Å². The summed E-state index contributed by atoms with van der Waals surface area (Å²) >= 11 is 0. The van der Waals surface area contributed by atoms with Gasteiger partial charge >= 0.3 is 0 Å². The van der Waals surface area contributed by atoms with Crippen LogP contribution >= 0.6 is 0 Å². The second-order valence-corrected chi connectivity index (χ2v) is 6.86. The Bertz CT molecular complexity index is 223. The largest absolute Gasteiger partial charge is 0.393 e. The molecule has 3 heteroatoms. The molecule has 0 aliphatic rings. The van der Waals surface area contributed by atoms with Crippen LogP contribution in [0.1, 0.15) is 97.3 Å². The highest BCUT2D eigenvalue weighted by Gasteiger charge is 2.16. The third-order valence-corrected chi connectivity index (χ3v) is 4.69. The summed E-state index contributed by atoms with van der Waals surface area (Å²) in [5.41, 5.74) is 0. The zero-order valence-corrected chi connectivity index (χ0v) is 15.3. The number of unbranched alkanes of at least 4 members (excludes halogenated alkanes) is 10. The topological polar surface area (TPSA) is 52.5 Å². The SMILES string of the molecule is CCCCCCCCCCCCCC(O)CC(O)C(C)NC. The molecule has 3 atom stereocenters. The first-order chi connectivity index (χ1) is 10.6. The molecule has 0 aliphatic carbocycles. The minimum Gasteiger partial charge on any atom is -0.393 e. The molecule has 0 aromatic heterocycles. The molecule has 0 amide bonds. The van der Waals surface area contributed by atoms with Gasteiger partial charge < -0.3 is 15.5 Å². The van der Waals surface area contributed by atoms with E-state index in [1.807, 2.05) is 14.0 Å². The summed E-state index contributed by atoms with van der Waals surface area (Å²) in [7, 11) is 1.84. The van der Waals surface area contributed by atoms with E-state index in [-0.39, 0.29) is 12.1 Å². The molecular weight excluding hydrogens is 274 g/mol. The Balaban J connectivity index is 3.28. The summed E-state index contributed by atoms with van der Waals surface area (Å²) in [6.45, 7) is 4.21. The quantitative estimate of drug-likeness (QED) is 0.370. The number of nitrogens with one attached hydrogen (secondary N) is 1. The van der Waals surface area contributed by atoms with Crippen LogP contribution in [0, 0.1) is 0 Å². The van der Waals surface area contributed by atoms with Crippen LogP contribution in [0.25, 0.3) is 0 Å². The van der Waals surface area contributed by atoms with E-state index >= 15 is 0 Å². The predicted molar refractivity (Wildman–Crippen MR) is 96.2 cm³/mol. The fourth-order valence-electron chi connectivity index (χ4n) is 2.84. The van der Waals surface area contributed by atoms with Crippen LogP contribution in [0.15, 0.2) is 0 Å². The fourth-order valence-corrected chi connectivity index (χ4v) is 2.84. The van der Waals surface area contributed by atoms with E-state index in [4.69, 9.17) is 0 Å². The smallest absolute Gasteiger partial charge is 0.0714 e.